The minimum Gasteiger partial charge on any atom is -0.309 e. The van der Waals surface area contributed by atoms with Crippen molar-refractivity contribution in [3.8, 4) is 62.5 Å². The standard InChI is InChI=1S/C55H32N6S2/c1-4-16-33(17-5-1)49-51-50(38-23-11-13-28-44(38)63-51)57-54(56-49)40-25-15-29-46-48(40)41-32-35(30-31-45(41)62-46)53-58-52(34-18-6-2-7-19-34)59-55(60-53)39-24-14-27-43-47(39)37-22-10-12-26-42(37)61(43)36-20-8-3-9-21-36/h1-32H. The van der Waals surface area contributed by atoms with Gasteiger partial charge >= 0.3 is 0 Å². The Balaban J connectivity index is 1.03. The maximum atomic E-state index is 5.38. The third-order valence-electron chi connectivity index (χ3n) is 11.9. The zero-order chi connectivity index (χ0) is 41.4. The number of para-hydroxylation sites is 2. The highest BCUT2D eigenvalue weighted by Gasteiger charge is 2.22. The lowest BCUT2D eigenvalue weighted by Gasteiger charge is -2.11. The summed E-state index contributed by atoms with van der Waals surface area (Å²) >= 11 is 3.53. The van der Waals surface area contributed by atoms with Gasteiger partial charge in [0.25, 0.3) is 0 Å². The normalized spacial score (nSPS) is 11.8. The molecule has 0 N–H and O–H groups in total. The molecule has 8 heteroatoms. The van der Waals surface area contributed by atoms with Crippen LogP contribution in [0.4, 0.5) is 0 Å². The molecule has 8 aromatic carbocycles. The van der Waals surface area contributed by atoms with Crippen molar-refractivity contribution in [2.24, 2.45) is 0 Å². The average Bonchev–Trinajstić information content (AvgIpc) is 4.04. The van der Waals surface area contributed by atoms with Gasteiger partial charge < -0.3 is 4.57 Å². The highest BCUT2D eigenvalue weighted by Crippen LogP contribution is 2.44. The van der Waals surface area contributed by atoms with Crippen LogP contribution in [-0.2, 0) is 0 Å². The van der Waals surface area contributed by atoms with Gasteiger partial charge in [-0.1, -0.05) is 140 Å². The lowest BCUT2D eigenvalue weighted by atomic mass is 10.0. The Labute approximate surface area is 369 Å². The molecule has 0 saturated carbocycles. The molecule has 13 aromatic rings. The number of fused-ring (bicyclic) bond motifs is 9. The zero-order valence-corrected chi connectivity index (χ0v) is 35.1. The highest BCUT2D eigenvalue weighted by molar-refractivity contribution is 7.26. The molecule has 0 bridgehead atoms. The Bertz CT molecular complexity index is 3910. The van der Waals surface area contributed by atoms with E-state index in [9.17, 15) is 0 Å². The lowest BCUT2D eigenvalue weighted by Crippen LogP contribution is -2.00. The molecule has 63 heavy (non-hydrogen) atoms. The first-order chi connectivity index (χ1) is 31.2. The summed E-state index contributed by atoms with van der Waals surface area (Å²) in [7, 11) is 0. The molecule has 0 unspecified atom stereocenters. The van der Waals surface area contributed by atoms with Crippen LogP contribution in [0, 0.1) is 0 Å². The van der Waals surface area contributed by atoms with Crippen LogP contribution in [0.5, 0.6) is 0 Å². The summed E-state index contributed by atoms with van der Waals surface area (Å²) in [6, 6.07) is 67.8. The molecule has 0 aliphatic rings. The summed E-state index contributed by atoms with van der Waals surface area (Å²) < 4.78 is 6.96. The summed E-state index contributed by atoms with van der Waals surface area (Å²) in [5.74, 6) is 2.55. The highest BCUT2D eigenvalue weighted by atomic mass is 32.1. The van der Waals surface area contributed by atoms with Crippen molar-refractivity contribution in [2.75, 3.05) is 0 Å². The Hall–Kier alpha value is -7.91. The molecule has 0 fully saturated rings. The Kier molecular flexibility index (Phi) is 8.15. The predicted molar refractivity (Wildman–Crippen MR) is 263 cm³/mol. The number of thiophene rings is 2. The topological polar surface area (TPSA) is 69.4 Å². The van der Waals surface area contributed by atoms with Crippen molar-refractivity contribution in [1.82, 2.24) is 29.5 Å². The van der Waals surface area contributed by atoms with E-state index in [4.69, 9.17) is 24.9 Å². The average molecular weight is 841 g/mol. The molecule has 0 spiro atoms. The van der Waals surface area contributed by atoms with Crippen molar-refractivity contribution in [1.29, 1.82) is 0 Å². The minimum atomic E-state index is 0.607. The zero-order valence-electron chi connectivity index (χ0n) is 33.5. The van der Waals surface area contributed by atoms with Crippen molar-refractivity contribution in [2.45, 2.75) is 0 Å². The van der Waals surface area contributed by atoms with Gasteiger partial charge in [0.15, 0.2) is 23.3 Å². The fourth-order valence-electron chi connectivity index (χ4n) is 9.06. The monoisotopic (exact) mass is 840 g/mol. The van der Waals surface area contributed by atoms with Gasteiger partial charge in [-0.25, -0.2) is 24.9 Å². The molecule has 5 aromatic heterocycles. The molecule has 0 aliphatic heterocycles. The summed E-state index contributed by atoms with van der Waals surface area (Å²) in [6.45, 7) is 0. The van der Waals surface area contributed by atoms with E-state index in [1.165, 1.54) is 14.1 Å². The van der Waals surface area contributed by atoms with Gasteiger partial charge in [0, 0.05) is 74.5 Å². The Morgan fingerprint density at radius 3 is 1.75 bits per heavy atom. The van der Waals surface area contributed by atoms with Gasteiger partial charge in [-0.05, 0) is 54.6 Å². The SMILES string of the molecule is c1ccc(-c2nc(-c3ccc4sc5cccc(-c6nc(-c7ccccc7)c7sc8ccccc8c7n6)c5c4c3)nc(-c3cccc4c3c3ccccc3n4-c3ccccc3)n2)cc1. The first-order valence-corrected chi connectivity index (χ1v) is 22.5. The van der Waals surface area contributed by atoms with E-state index in [0.29, 0.717) is 23.3 Å². The molecule has 6 nitrogen and oxygen atoms in total. The second-order valence-corrected chi connectivity index (χ2v) is 17.7. The summed E-state index contributed by atoms with van der Waals surface area (Å²) in [5, 5.41) is 5.61. The van der Waals surface area contributed by atoms with E-state index in [-0.39, 0.29) is 0 Å². The van der Waals surface area contributed by atoms with Crippen molar-refractivity contribution in [3.05, 3.63) is 194 Å². The van der Waals surface area contributed by atoms with Crippen LogP contribution >= 0.6 is 22.7 Å². The number of hydrogen-bond acceptors (Lipinski definition) is 7. The third kappa shape index (κ3) is 5.80. The predicted octanol–water partition coefficient (Wildman–Crippen LogP) is 14.8. The van der Waals surface area contributed by atoms with E-state index in [1.807, 2.05) is 24.3 Å². The van der Waals surface area contributed by atoms with Crippen LogP contribution in [0.2, 0.25) is 0 Å². The summed E-state index contributed by atoms with van der Waals surface area (Å²) in [4.78, 5) is 26.5. The number of hydrogen-bond donors (Lipinski definition) is 0. The van der Waals surface area contributed by atoms with Crippen molar-refractivity contribution in [3.63, 3.8) is 0 Å². The van der Waals surface area contributed by atoms with Crippen LogP contribution in [0.3, 0.4) is 0 Å². The van der Waals surface area contributed by atoms with Crippen LogP contribution in [0.15, 0.2) is 194 Å². The van der Waals surface area contributed by atoms with E-state index < -0.39 is 0 Å². The molecule has 0 saturated heterocycles. The fraction of sp³-hybridized carbons (Fsp3) is 0. The number of nitrogens with zero attached hydrogens (tertiary/aromatic N) is 6. The molecule has 0 atom stereocenters. The summed E-state index contributed by atoms with van der Waals surface area (Å²) in [6.07, 6.45) is 0. The molecular weight excluding hydrogens is 809 g/mol. The molecular formula is C55H32N6S2. The Morgan fingerprint density at radius 1 is 0.349 bits per heavy atom. The quantitative estimate of drug-likeness (QED) is 0.167. The molecule has 294 valence electrons. The van der Waals surface area contributed by atoms with Crippen molar-refractivity contribution < 1.29 is 0 Å². The number of rotatable bonds is 6. The van der Waals surface area contributed by atoms with E-state index in [1.54, 1.807) is 22.7 Å². The molecule has 5 heterocycles. The van der Waals surface area contributed by atoms with Crippen LogP contribution in [0.25, 0.3) is 125 Å². The van der Waals surface area contributed by atoms with Gasteiger partial charge in [0.1, 0.15) is 0 Å². The van der Waals surface area contributed by atoms with E-state index in [0.717, 1.165) is 87.4 Å². The van der Waals surface area contributed by atoms with Gasteiger partial charge in [0.05, 0.1) is 26.9 Å². The van der Waals surface area contributed by atoms with Crippen LogP contribution in [0.1, 0.15) is 0 Å². The maximum Gasteiger partial charge on any atom is 0.164 e. The number of benzene rings is 8. The second kappa shape index (κ2) is 14.3. The smallest absolute Gasteiger partial charge is 0.164 e. The first kappa shape index (κ1) is 35.8. The second-order valence-electron chi connectivity index (χ2n) is 15.6. The molecule has 0 radical (unpaired) electrons. The number of aromatic nitrogens is 6. The largest absolute Gasteiger partial charge is 0.309 e. The lowest BCUT2D eigenvalue weighted by molar-refractivity contribution is 1.08. The fourth-order valence-corrected chi connectivity index (χ4v) is 11.3. The summed E-state index contributed by atoms with van der Waals surface area (Å²) in [5.41, 5.74) is 10.1. The minimum absolute atomic E-state index is 0.607. The van der Waals surface area contributed by atoms with Gasteiger partial charge in [-0.3, -0.25) is 0 Å². The molecule has 0 aliphatic carbocycles. The van der Waals surface area contributed by atoms with Gasteiger partial charge in [-0.2, -0.15) is 0 Å². The van der Waals surface area contributed by atoms with Crippen molar-refractivity contribution >= 4 is 85.0 Å². The van der Waals surface area contributed by atoms with E-state index >= 15 is 0 Å². The van der Waals surface area contributed by atoms with E-state index in [2.05, 4.69) is 174 Å². The Morgan fingerprint density at radius 2 is 0.937 bits per heavy atom. The van der Waals surface area contributed by atoms with Gasteiger partial charge in [-0.15, -0.1) is 22.7 Å². The first-order valence-electron chi connectivity index (χ1n) is 20.8. The van der Waals surface area contributed by atoms with Crippen LogP contribution < -0.4 is 0 Å². The third-order valence-corrected chi connectivity index (χ3v) is 14.2. The van der Waals surface area contributed by atoms with Gasteiger partial charge in [0.2, 0.25) is 0 Å². The van der Waals surface area contributed by atoms with Crippen LogP contribution in [-0.4, -0.2) is 29.5 Å². The molecule has 13 rings (SSSR count). The molecule has 0 amide bonds. The maximum absolute atomic E-state index is 5.38.